The molecule has 262 valence electrons. The lowest BCUT2D eigenvalue weighted by Gasteiger charge is -2.28. The van der Waals surface area contributed by atoms with Crippen LogP contribution in [0, 0.1) is 0 Å². The van der Waals surface area contributed by atoms with Gasteiger partial charge in [-0.15, -0.1) is 0 Å². The van der Waals surface area contributed by atoms with Crippen LogP contribution >= 0.6 is 0 Å². The summed E-state index contributed by atoms with van der Waals surface area (Å²) in [6, 6.07) is 63.8. The van der Waals surface area contributed by atoms with Gasteiger partial charge in [0.15, 0.2) is 0 Å². The van der Waals surface area contributed by atoms with Crippen molar-refractivity contribution < 1.29 is 0 Å². The fraction of sp³-hybridized carbons (Fsp3) is 0.115. The molecule has 0 N–H and O–H groups in total. The summed E-state index contributed by atoms with van der Waals surface area (Å²) in [7, 11) is -3.70. The molecule has 2 heteroatoms. The molecule has 0 saturated carbocycles. The van der Waals surface area contributed by atoms with Crippen molar-refractivity contribution in [2.75, 3.05) is 0 Å². The third-order valence-corrected chi connectivity index (χ3v) is 15.3. The first-order chi connectivity index (χ1) is 26.1. The molecule has 0 saturated heterocycles. The van der Waals surface area contributed by atoms with Gasteiger partial charge < -0.3 is 0 Å². The molecule has 0 aromatic heterocycles. The minimum atomic E-state index is -1.85. The van der Waals surface area contributed by atoms with Gasteiger partial charge in [-0.3, -0.25) is 0 Å². The zero-order valence-corrected chi connectivity index (χ0v) is 34.2. The van der Waals surface area contributed by atoms with Gasteiger partial charge in [-0.2, -0.15) is 0 Å². The SMILES string of the molecule is C[Si](C)(C)c1c(-c2ccc(-c3c([Si](C)(C)C)c4ccccc4c4ccc(-c5ccccc5)cc34)cc2)c2cc(-c3ccccc3)ccc2c2ccccc12. The fourth-order valence-corrected chi connectivity index (χ4v) is 13.1. The van der Waals surface area contributed by atoms with Gasteiger partial charge >= 0.3 is 0 Å². The van der Waals surface area contributed by atoms with Crippen LogP contribution in [0.25, 0.3) is 87.6 Å². The van der Waals surface area contributed by atoms with E-state index in [1.165, 1.54) is 98.0 Å². The van der Waals surface area contributed by atoms with E-state index >= 15 is 0 Å². The van der Waals surface area contributed by atoms with E-state index in [0.717, 1.165) is 0 Å². The zero-order chi connectivity index (χ0) is 37.2. The average molecular weight is 727 g/mol. The molecule has 0 aliphatic heterocycles. The van der Waals surface area contributed by atoms with Gasteiger partial charge in [0.1, 0.15) is 0 Å². The van der Waals surface area contributed by atoms with Crippen LogP contribution in [0.5, 0.6) is 0 Å². The normalized spacial score (nSPS) is 12.3. The number of fused-ring (bicyclic) bond motifs is 6. The van der Waals surface area contributed by atoms with Gasteiger partial charge in [0.25, 0.3) is 0 Å². The van der Waals surface area contributed by atoms with Crippen molar-refractivity contribution in [1.29, 1.82) is 0 Å². The van der Waals surface area contributed by atoms with Crippen molar-refractivity contribution >= 4 is 69.6 Å². The van der Waals surface area contributed by atoms with Crippen LogP contribution in [-0.4, -0.2) is 16.1 Å². The lowest BCUT2D eigenvalue weighted by molar-refractivity contribution is 1.62. The first kappa shape index (κ1) is 34.2. The second-order valence-electron chi connectivity index (χ2n) is 16.9. The van der Waals surface area contributed by atoms with E-state index in [9.17, 15) is 0 Å². The minimum Gasteiger partial charge on any atom is -0.0656 e. The van der Waals surface area contributed by atoms with Crippen LogP contribution in [0.4, 0.5) is 0 Å². The van der Waals surface area contributed by atoms with Crippen LogP contribution < -0.4 is 10.4 Å². The molecule has 0 spiro atoms. The van der Waals surface area contributed by atoms with E-state index in [4.69, 9.17) is 0 Å². The molecule has 0 atom stereocenters. The zero-order valence-electron chi connectivity index (χ0n) is 32.2. The Hall–Kier alpha value is -5.55. The van der Waals surface area contributed by atoms with E-state index in [-0.39, 0.29) is 0 Å². The number of hydrogen-bond acceptors (Lipinski definition) is 0. The maximum Gasteiger partial charge on any atom is 0.0792 e. The Morgan fingerprint density at radius 3 is 0.889 bits per heavy atom. The topological polar surface area (TPSA) is 0 Å². The second-order valence-corrected chi connectivity index (χ2v) is 26.9. The van der Waals surface area contributed by atoms with Crippen LogP contribution in [0.15, 0.2) is 170 Å². The van der Waals surface area contributed by atoms with Crippen molar-refractivity contribution in [3.8, 4) is 44.5 Å². The van der Waals surface area contributed by atoms with E-state index in [0.29, 0.717) is 0 Å². The Balaban J connectivity index is 1.34. The molecule has 9 aromatic rings. The molecule has 0 amide bonds. The Morgan fingerprint density at radius 1 is 0.241 bits per heavy atom. The third kappa shape index (κ3) is 5.82. The first-order valence-electron chi connectivity index (χ1n) is 19.3. The summed E-state index contributed by atoms with van der Waals surface area (Å²) in [5.74, 6) is 0. The van der Waals surface area contributed by atoms with E-state index in [2.05, 4.69) is 209 Å². The molecular weight excluding hydrogens is 681 g/mol. The highest BCUT2D eigenvalue weighted by atomic mass is 28.3. The highest BCUT2D eigenvalue weighted by Gasteiger charge is 2.29. The molecule has 0 aliphatic rings. The van der Waals surface area contributed by atoms with Crippen molar-refractivity contribution in [3.05, 3.63) is 170 Å². The van der Waals surface area contributed by atoms with Gasteiger partial charge in [0.05, 0.1) is 16.1 Å². The largest absolute Gasteiger partial charge is 0.0792 e. The maximum absolute atomic E-state index is 2.51. The summed E-state index contributed by atoms with van der Waals surface area (Å²) in [6.45, 7) is 15.0. The summed E-state index contributed by atoms with van der Waals surface area (Å²) >= 11 is 0. The van der Waals surface area contributed by atoms with Crippen LogP contribution in [0.1, 0.15) is 0 Å². The standard InChI is InChI=1S/C52H46Si2/c1-53(2,3)51-45-23-15-13-21-41(45)43-31-29-39(35-17-9-7-10-18-35)33-47(43)49(51)37-25-27-38(28-26-37)50-48-34-40(36-19-11-8-12-20-36)30-32-44(48)42-22-14-16-24-46(42)52(50)54(4,5)6/h7-34H,1-6H3. The van der Waals surface area contributed by atoms with Gasteiger partial charge in [-0.1, -0.05) is 197 Å². The van der Waals surface area contributed by atoms with Gasteiger partial charge in [-0.05, 0) is 110 Å². The summed E-state index contributed by atoms with van der Waals surface area (Å²) in [5, 5.41) is 13.9. The van der Waals surface area contributed by atoms with Crippen molar-refractivity contribution in [3.63, 3.8) is 0 Å². The fourth-order valence-electron chi connectivity index (χ4n) is 8.96. The van der Waals surface area contributed by atoms with Crippen LogP contribution in [-0.2, 0) is 0 Å². The molecule has 9 aromatic carbocycles. The summed E-state index contributed by atoms with van der Waals surface area (Å²) in [4.78, 5) is 0. The Bertz CT molecular complexity index is 2660. The summed E-state index contributed by atoms with van der Waals surface area (Å²) in [5.41, 5.74) is 10.4. The van der Waals surface area contributed by atoms with Crippen molar-refractivity contribution in [2.24, 2.45) is 0 Å². The smallest absolute Gasteiger partial charge is 0.0656 e. The molecule has 0 heterocycles. The average Bonchev–Trinajstić information content (AvgIpc) is 3.19. The molecule has 0 radical (unpaired) electrons. The predicted molar refractivity (Wildman–Crippen MR) is 244 cm³/mol. The highest BCUT2D eigenvalue weighted by Crippen LogP contribution is 2.41. The van der Waals surface area contributed by atoms with Crippen molar-refractivity contribution in [2.45, 2.75) is 39.3 Å². The Labute approximate surface area is 321 Å². The summed E-state index contributed by atoms with van der Waals surface area (Å²) < 4.78 is 0. The van der Waals surface area contributed by atoms with E-state index < -0.39 is 16.1 Å². The lowest BCUT2D eigenvalue weighted by atomic mass is 9.88. The first-order valence-corrected chi connectivity index (χ1v) is 26.3. The lowest BCUT2D eigenvalue weighted by Crippen LogP contribution is -2.40. The minimum absolute atomic E-state index is 1.25. The molecule has 0 aliphatic carbocycles. The third-order valence-electron chi connectivity index (χ3n) is 11.2. The summed E-state index contributed by atoms with van der Waals surface area (Å²) in [6.07, 6.45) is 0. The maximum atomic E-state index is 2.51. The number of benzene rings is 9. The molecular formula is C52H46Si2. The Kier molecular flexibility index (Phi) is 8.30. The molecule has 9 rings (SSSR count). The molecule has 0 fully saturated rings. The molecule has 0 nitrogen and oxygen atoms in total. The quantitative estimate of drug-likeness (QED) is 0.118. The van der Waals surface area contributed by atoms with Crippen molar-refractivity contribution in [1.82, 2.24) is 0 Å². The van der Waals surface area contributed by atoms with E-state index in [1.54, 1.807) is 0 Å². The van der Waals surface area contributed by atoms with Gasteiger partial charge in [0, 0.05) is 0 Å². The van der Waals surface area contributed by atoms with Gasteiger partial charge in [-0.25, -0.2) is 0 Å². The molecule has 0 bridgehead atoms. The Morgan fingerprint density at radius 2 is 0.537 bits per heavy atom. The highest BCUT2D eigenvalue weighted by molar-refractivity contribution is 6.92. The molecule has 54 heavy (non-hydrogen) atoms. The second kappa shape index (κ2) is 13.1. The molecule has 0 unspecified atom stereocenters. The van der Waals surface area contributed by atoms with E-state index in [1.807, 2.05) is 0 Å². The predicted octanol–water partition coefficient (Wildman–Crippen LogP) is 14.1. The monoisotopic (exact) mass is 726 g/mol. The number of rotatable bonds is 6. The number of hydrogen-bond donors (Lipinski definition) is 0. The van der Waals surface area contributed by atoms with Crippen LogP contribution in [0.3, 0.4) is 0 Å². The van der Waals surface area contributed by atoms with Crippen LogP contribution in [0.2, 0.25) is 39.3 Å². The van der Waals surface area contributed by atoms with Gasteiger partial charge in [0.2, 0.25) is 0 Å².